The first kappa shape index (κ1) is 13.6. The van der Waals surface area contributed by atoms with Gasteiger partial charge in [0.15, 0.2) is 16.8 Å². The Morgan fingerprint density at radius 1 is 1.17 bits per heavy atom. The SMILES string of the molecule is Cc1ccc(C)c(Cn2nnc3c2nc(C)n2c(=O)[nH]nc32)c1. The summed E-state index contributed by atoms with van der Waals surface area (Å²) in [6, 6.07) is 6.31. The molecule has 0 spiro atoms. The Morgan fingerprint density at radius 3 is 2.83 bits per heavy atom. The molecule has 0 aliphatic rings. The van der Waals surface area contributed by atoms with Gasteiger partial charge in [-0.15, -0.1) is 5.10 Å². The van der Waals surface area contributed by atoms with Crippen molar-refractivity contribution in [1.82, 2.24) is 34.6 Å². The van der Waals surface area contributed by atoms with Crippen LogP contribution in [0.25, 0.3) is 16.8 Å². The summed E-state index contributed by atoms with van der Waals surface area (Å²) >= 11 is 0. The summed E-state index contributed by atoms with van der Waals surface area (Å²) in [4.78, 5) is 16.3. The lowest BCUT2D eigenvalue weighted by atomic mass is 10.1. The fourth-order valence-corrected chi connectivity index (χ4v) is 2.76. The Balaban J connectivity index is 1.92. The van der Waals surface area contributed by atoms with Crippen LogP contribution in [0.5, 0.6) is 0 Å². The monoisotopic (exact) mass is 309 g/mol. The average Bonchev–Trinajstić information content (AvgIpc) is 3.08. The van der Waals surface area contributed by atoms with Crippen LogP contribution in [0.3, 0.4) is 0 Å². The summed E-state index contributed by atoms with van der Waals surface area (Å²) in [5.74, 6) is 0.552. The van der Waals surface area contributed by atoms with Crippen molar-refractivity contribution >= 4 is 16.8 Å². The molecule has 0 atom stereocenters. The molecule has 0 aliphatic heterocycles. The molecule has 4 aromatic rings. The van der Waals surface area contributed by atoms with Gasteiger partial charge in [0.05, 0.1) is 6.54 Å². The van der Waals surface area contributed by atoms with Crippen molar-refractivity contribution in [3.63, 3.8) is 0 Å². The summed E-state index contributed by atoms with van der Waals surface area (Å²) in [6.07, 6.45) is 0. The molecule has 1 aromatic carbocycles. The van der Waals surface area contributed by atoms with E-state index in [1.165, 1.54) is 15.5 Å². The van der Waals surface area contributed by atoms with E-state index in [2.05, 4.69) is 57.5 Å². The third-order valence-electron chi connectivity index (χ3n) is 4.01. The number of nitrogens with one attached hydrogen (secondary N) is 1. The Labute approximate surface area is 130 Å². The van der Waals surface area contributed by atoms with Gasteiger partial charge in [-0.1, -0.05) is 29.0 Å². The van der Waals surface area contributed by atoms with Gasteiger partial charge in [-0.05, 0) is 31.9 Å². The highest BCUT2D eigenvalue weighted by Crippen LogP contribution is 2.17. The smallest absolute Gasteiger partial charge is 0.246 e. The second kappa shape index (κ2) is 4.73. The molecular weight excluding hydrogens is 294 g/mol. The van der Waals surface area contributed by atoms with Crippen LogP contribution in [0.1, 0.15) is 22.5 Å². The first-order valence-corrected chi connectivity index (χ1v) is 7.27. The molecule has 0 bridgehead atoms. The zero-order valence-electron chi connectivity index (χ0n) is 13.0. The maximum Gasteiger partial charge on any atom is 0.349 e. The van der Waals surface area contributed by atoms with Crippen molar-refractivity contribution < 1.29 is 0 Å². The van der Waals surface area contributed by atoms with E-state index in [4.69, 9.17) is 0 Å². The molecule has 0 unspecified atom stereocenters. The van der Waals surface area contributed by atoms with Crippen LogP contribution in [0.2, 0.25) is 0 Å². The summed E-state index contributed by atoms with van der Waals surface area (Å²) in [5.41, 5.74) is 4.80. The molecule has 3 aromatic heterocycles. The van der Waals surface area contributed by atoms with Crippen LogP contribution in [0.4, 0.5) is 0 Å². The lowest BCUT2D eigenvalue weighted by molar-refractivity contribution is 0.660. The summed E-state index contributed by atoms with van der Waals surface area (Å²) in [6.45, 7) is 6.46. The highest BCUT2D eigenvalue weighted by molar-refractivity contribution is 5.84. The molecule has 8 heteroatoms. The molecule has 0 saturated heterocycles. The van der Waals surface area contributed by atoms with Crippen molar-refractivity contribution in [2.24, 2.45) is 0 Å². The maximum absolute atomic E-state index is 11.8. The van der Waals surface area contributed by atoms with Gasteiger partial charge >= 0.3 is 5.69 Å². The van der Waals surface area contributed by atoms with Crippen molar-refractivity contribution in [1.29, 1.82) is 0 Å². The second-order valence-corrected chi connectivity index (χ2v) is 5.70. The number of aryl methyl sites for hydroxylation is 3. The van der Waals surface area contributed by atoms with Crippen molar-refractivity contribution in [3.8, 4) is 0 Å². The standard InChI is InChI=1S/C15H15N7O/c1-8-4-5-9(2)11(6-8)7-21-13-12(17-20-21)14-18-19-15(23)22(14)10(3)16-13/h4-6H,7H2,1-3H3,(H,19,23). The highest BCUT2D eigenvalue weighted by atomic mass is 16.1. The molecule has 116 valence electrons. The molecule has 3 heterocycles. The van der Waals surface area contributed by atoms with Gasteiger partial charge in [0, 0.05) is 0 Å². The van der Waals surface area contributed by atoms with E-state index in [0.29, 0.717) is 29.2 Å². The number of fused-ring (bicyclic) bond motifs is 3. The molecule has 0 radical (unpaired) electrons. The normalized spacial score (nSPS) is 11.6. The summed E-state index contributed by atoms with van der Waals surface area (Å²) in [5, 5.41) is 14.8. The predicted octanol–water partition coefficient (Wildman–Crippen LogP) is 1.14. The number of rotatable bonds is 2. The minimum Gasteiger partial charge on any atom is -0.246 e. The zero-order valence-corrected chi connectivity index (χ0v) is 13.0. The van der Waals surface area contributed by atoms with Gasteiger partial charge in [0.1, 0.15) is 5.82 Å². The molecule has 8 nitrogen and oxygen atoms in total. The third-order valence-corrected chi connectivity index (χ3v) is 4.01. The topological polar surface area (TPSA) is 93.8 Å². The number of H-pyrrole nitrogens is 1. The van der Waals surface area contributed by atoms with Gasteiger partial charge in [-0.25, -0.2) is 24.0 Å². The lowest BCUT2D eigenvalue weighted by Crippen LogP contribution is -2.14. The minimum absolute atomic E-state index is 0.323. The number of hydrogen-bond acceptors (Lipinski definition) is 5. The molecule has 0 saturated carbocycles. The number of benzene rings is 1. The maximum atomic E-state index is 11.8. The van der Waals surface area contributed by atoms with E-state index in [1.54, 1.807) is 11.6 Å². The van der Waals surface area contributed by atoms with Gasteiger partial charge in [0.2, 0.25) is 0 Å². The Hall–Kier alpha value is -3.03. The van der Waals surface area contributed by atoms with Gasteiger partial charge < -0.3 is 0 Å². The highest BCUT2D eigenvalue weighted by Gasteiger charge is 2.16. The lowest BCUT2D eigenvalue weighted by Gasteiger charge is -2.07. The van der Waals surface area contributed by atoms with Gasteiger partial charge in [-0.2, -0.15) is 5.10 Å². The van der Waals surface area contributed by atoms with E-state index in [-0.39, 0.29) is 5.69 Å². The van der Waals surface area contributed by atoms with Crippen molar-refractivity contribution in [2.75, 3.05) is 0 Å². The van der Waals surface area contributed by atoms with E-state index in [1.807, 2.05) is 0 Å². The largest absolute Gasteiger partial charge is 0.349 e. The first-order chi connectivity index (χ1) is 11.0. The summed E-state index contributed by atoms with van der Waals surface area (Å²) < 4.78 is 3.14. The Morgan fingerprint density at radius 2 is 2.00 bits per heavy atom. The van der Waals surface area contributed by atoms with Crippen LogP contribution in [0, 0.1) is 20.8 Å². The molecule has 0 fully saturated rings. The van der Waals surface area contributed by atoms with E-state index in [0.717, 1.165) is 5.56 Å². The van der Waals surface area contributed by atoms with Gasteiger partial charge in [-0.3, -0.25) is 0 Å². The van der Waals surface area contributed by atoms with E-state index in [9.17, 15) is 4.79 Å². The molecular formula is C15H15N7O. The first-order valence-electron chi connectivity index (χ1n) is 7.27. The fourth-order valence-electron chi connectivity index (χ4n) is 2.76. The fraction of sp³-hybridized carbons (Fsp3) is 0.267. The van der Waals surface area contributed by atoms with Crippen molar-refractivity contribution in [2.45, 2.75) is 27.3 Å². The van der Waals surface area contributed by atoms with Crippen LogP contribution in [-0.2, 0) is 6.54 Å². The molecule has 23 heavy (non-hydrogen) atoms. The van der Waals surface area contributed by atoms with Crippen LogP contribution in [-0.4, -0.2) is 34.6 Å². The minimum atomic E-state index is -0.323. The molecule has 4 rings (SSSR count). The number of nitrogens with zero attached hydrogens (tertiary/aromatic N) is 6. The van der Waals surface area contributed by atoms with E-state index < -0.39 is 0 Å². The molecule has 0 aliphatic carbocycles. The van der Waals surface area contributed by atoms with Crippen LogP contribution < -0.4 is 5.69 Å². The quantitative estimate of drug-likeness (QED) is 0.599. The molecule has 0 amide bonds. The average molecular weight is 309 g/mol. The predicted molar refractivity (Wildman–Crippen MR) is 84.4 cm³/mol. The number of aromatic amines is 1. The van der Waals surface area contributed by atoms with E-state index >= 15 is 0 Å². The number of hydrogen-bond donors (Lipinski definition) is 1. The zero-order chi connectivity index (χ0) is 16.1. The Bertz CT molecular complexity index is 1100. The third kappa shape index (κ3) is 2.02. The van der Waals surface area contributed by atoms with Gasteiger partial charge in [0.25, 0.3) is 0 Å². The molecule has 1 N–H and O–H groups in total. The second-order valence-electron chi connectivity index (χ2n) is 5.70. The van der Waals surface area contributed by atoms with Crippen molar-refractivity contribution in [3.05, 3.63) is 51.2 Å². The summed E-state index contributed by atoms with van der Waals surface area (Å²) in [7, 11) is 0. The number of aromatic nitrogens is 7. The Kier molecular flexibility index (Phi) is 2.80. The van der Waals surface area contributed by atoms with Crippen LogP contribution >= 0.6 is 0 Å². The van der Waals surface area contributed by atoms with Crippen LogP contribution in [0.15, 0.2) is 23.0 Å².